The van der Waals surface area contributed by atoms with Gasteiger partial charge < -0.3 is 14.5 Å². The van der Waals surface area contributed by atoms with Crippen molar-refractivity contribution in [2.45, 2.75) is 44.4 Å². The molecule has 2 aliphatic heterocycles. The third-order valence-electron chi connectivity index (χ3n) is 8.10. The maximum absolute atomic E-state index is 13.5. The Labute approximate surface area is 224 Å². The molecule has 2 aliphatic rings. The van der Waals surface area contributed by atoms with Gasteiger partial charge in [-0.2, -0.15) is 5.10 Å². The van der Waals surface area contributed by atoms with Crippen LogP contribution in [0.3, 0.4) is 0 Å². The first-order valence-electron chi connectivity index (χ1n) is 13.8. The minimum Gasteiger partial charge on any atom is -0.356 e. The van der Waals surface area contributed by atoms with Gasteiger partial charge in [-0.05, 0) is 74.7 Å². The Morgan fingerprint density at radius 1 is 1.00 bits per heavy atom. The van der Waals surface area contributed by atoms with Crippen molar-refractivity contribution >= 4 is 16.8 Å². The molecule has 6 rings (SSSR count). The lowest BCUT2D eigenvalue weighted by molar-refractivity contribution is -0.0368. The van der Waals surface area contributed by atoms with Crippen LogP contribution >= 0.6 is 0 Å². The number of nitrogens with zero attached hydrogens (tertiary/aromatic N) is 4. The molecular formula is C32H36N4O2. The Bertz CT molecular complexity index is 1420. The first-order valence-corrected chi connectivity index (χ1v) is 13.8. The third kappa shape index (κ3) is 4.86. The van der Waals surface area contributed by atoms with Crippen molar-refractivity contribution in [1.82, 2.24) is 19.6 Å². The van der Waals surface area contributed by atoms with E-state index in [1.807, 2.05) is 17.0 Å². The third-order valence-corrected chi connectivity index (χ3v) is 8.10. The first-order chi connectivity index (χ1) is 18.6. The monoisotopic (exact) mass is 508 g/mol. The predicted octanol–water partition coefficient (Wildman–Crippen LogP) is 5.77. The van der Waals surface area contributed by atoms with Gasteiger partial charge in [0.1, 0.15) is 0 Å². The zero-order valence-corrected chi connectivity index (χ0v) is 22.3. The summed E-state index contributed by atoms with van der Waals surface area (Å²) in [6, 6.07) is 25.6. The van der Waals surface area contributed by atoms with E-state index in [1.165, 1.54) is 16.7 Å². The van der Waals surface area contributed by atoms with Crippen LogP contribution in [-0.2, 0) is 11.2 Å². The molecule has 38 heavy (non-hydrogen) atoms. The van der Waals surface area contributed by atoms with Crippen LogP contribution in [0, 0.1) is 0 Å². The normalized spacial score (nSPS) is 19.9. The number of likely N-dealkylation sites (tertiary alicyclic amines) is 1. The van der Waals surface area contributed by atoms with E-state index >= 15 is 0 Å². The van der Waals surface area contributed by atoms with Gasteiger partial charge in [-0.3, -0.25) is 4.79 Å². The van der Waals surface area contributed by atoms with Crippen molar-refractivity contribution in [3.05, 3.63) is 89.6 Å². The smallest absolute Gasteiger partial charge is 0.253 e. The van der Waals surface area contributed by atoms with Gasteiger partial charge in [0.2, 0.25) is 0 Å². The number of carbonyl (C=O) groups excluding carboxylic acids is 1. The van der Waals surface area contributed by atoms with Crippen molar-refractivity contribution in [3.8, 4) is 11.1 Å². The minimum absolute atomic E-state index is 0.0645. The van der Waals surface area contributed by atoms with Gasteiger partial charge in [-0.25, -0.2) is 4.68 Å². The summed E-state index contributed by atoms with van der Waals surface area (Å²) < 4.78 is 8.20. The molecule has 1 amide bonds. The Balaban J connectivity index is 1.39. The number of ether oxygens (including phenoxy) is 1. The standard InChI is InChI=1S/C32H36N4O2/c1-34(2)26-17-18-35(22-26)32(37)25-15-16-30-28(20-25)29(33-36(30)31-14-8-9-19-38-31)21-24-12-6-7-13-27(24)23-10-4-3-5-11-23/h3-7,10-13,15-16,20,26,31H,8-9,14,17-19,21-22H2,1-2H3/t26-,31?/m1/s1. The summed E-state index contributed by atoms with van der Waals surface area (Å²) in [6.45, 7) is 2.33. The Morgan fingerprint density at radius 2 is 1.82 bits per heavy atom. The maximum Gasteiger partial charge on any atom is 0.253 e. The summed E-state index contributed by atoms with van der Waals surface area (Å²) in [5.41, 5.74) is 6.39. The highest BCUT2D eigenvalue weighted by Gasteiger charge is 2.29. The summed E-state index contributed by atoms with van der Waals surface area (Å²) in [5, 5.41) is 6.17. The van der Waals surface area contributed by atoms with Gasteiger partial charge in [-0.1, -0.05) is 54.6 Å². The van der Waals surface area contributed by atoms with E-state index in [0.29, 0.717) is 12.5 Å². The number of aromatic nitrogens is 2. The summed E-state index contributed by atoms with van der Waals surface area (Å²) in [6.07, 6.45) is 4.82. The number of hydrogen-bond donors (Lipinski definition) is 0. The molecule has 0 bridgehead atoms. The summed E-state index contributed by atoms with van der Waals surface area (Å²) in [4.78, 5) is 17.7. The predicted molar refractivity (Wildman–Crippen MR) is 151 cm³/mol. The van der Waals surface area contributed by atoms with Crippen LogP contribution in [0.5, 0.6) is 0 Å². The molecule has 6 heteroatoms. The van der Waals surface area contributed by atoms with Crippen molar-refractivity contribution < 1.29 is 9.53 Å². The van der Waals surface area contributed by atoms with Crippen LogP contribution in [0.4, 0.5) is 0 Å². The fourth-order valence-electron chi connectivity index (χ4n) is 5.89. The van der Waals surface area contributed by atoms with Crippen LogP contribution in [0.25, 0.3) is 22.0 Å². The van der Waals surface area contributed by atoms with E-state index in [4.69, 9.17) is 9.84 Å². The largest absolute Gasteiger partial charge is 0.356 e. The average molecular weight is 509 g/mol. The highest BCUT2D eigenvalue weighted by Crippen LogP contribution is 2.32. The highest BCUT2D eigenvalue weighted by molar-refractivity contribution is 5.99. The molecule has 0 N–H and O–H groups in total. The van der Waals surface area contributed by atoms with Gasteiger partial charge in [0, 0.05) is 43.1 Å². The number of hydrogen-bond acceptors (Lipinski definition) is 4. The van der Waals surface area contributed by atoms with Gasteiger partial charge >= 0.3 is 0 Å². The second-order valence-electron chi connectivity index (χ2n) is 10.8. The lowest BCUT2D eigenvalue weighted by atomic mass is 9.95. The molecule has 1 aromatic heterocycles. The average Bonchev–Trinajstić information content (AvgIpc) is 3.60. The van der Waals surface area contributed by atoms with Crippen LogP contribution in [-0.4, -0.2) is 65.3 Å². The maximum atomic E-state index is 13.5. The lowest BCUT2D eigenvalue weighted by Crippen LogP contribution is -2.34. The fraction of sp³-hybridized carbons (Fsp3) is 0.375. The van der Waals surface area contributed by atoms with E-state index in [0.717, 1.165) is 67.5 Å². The van der Waals surface area contributed by atoms with Crippen molar-refractivity contribution in [3.63, 3.8) is 0 Å². The Kier molecular flexibility index (Phi) is 7.00. The number of amides is 1. The minimum atomic E-state index is -0.0645. The summed E-state index contributed by atoms with van der Waals surface area (Å²) in [5.74, 6) is 0.105. The van der Waals surface area contributed by atoms with E-state index in [-0.39, 0.29) is 12.1 Å². The van der Waals surface area contributed by atoms with Gasteiger partial charge in [0.25, 0.3) is 5.91 Å². The van der Waals surface area contributed by atoms with Crippen LogP contribution in [0.1, 0.15) is 53.5 Å². The number of rotatable bonds is 6. The Morgan fingerprint density at radius 3 is 2.58 bits per heavy atom. The van der Waals surface area contributed by atoms with E-state index in [2.05, 4.69) is 84.3 Å². The van der Waals surface area contributed by atoms with Gasteiger partial charge in [-0.15, -0.1) is 0 Å². The molecule has 0 aliphatic carbocycles. The molecule has 3 heterocycles. The molecule has 2 fully saturated rings. The number of fused-ring (bicyclic) bond motifs is 1. The second-order valence-corrected chi connectivity index (χ2v) is 10.8. The SMILES string of the molecule is CN(C)[C@@H]1CCN(C(=O)c2ccc3c(c2)c(Cc2ccccc2-c2ccccc2)nn3C2CCCCO2)C1. The lowest BCUT2D eigenvalue weighted by Gasteiger charge is -2.23. The van der Waals surface area contributed by atoms with Crippen molar-refractivity contribution in [2.24, 2.45) is 0 Å². The zero-order valence-electron chi connectivity index (χ0n) is 22.3. The quantitative estimate of drug-likeness (QED) is 0.332. The van der Waals surface area contributed by atoms with Gasteiger partial charge in [0.15, 0.2) is 6.23 Å². The molecule has 196 valence electrons. The second kappa shape index (κ2) is 10.7. The number of likely N-dealkylation sites (N-methyl/N-ethyl adjacent to an activating group) is 1. The van der Waals surface area contributed by atoms with Crippen molar-refractivity contribution in [1.29, 1.82) is 0 Å². The van der Waals surface area contributed by atoms with E-state index in [9.17, 15) is 4.79 Å². The van der Waals surface area contributed by atoms with Crippen molar-refractivity contribution in [2.75, 3.05) is 33.8 Å². The molecule has 0 spiro atoms. The molecule has 3 aromatic carbocycles. The van der Waals surface area contributed by atoms with Crippen LogP contribution in [0.2, 0.25) is 0 Å². The molecule has 2 atom stereocenters. The zero-order chi connectivity index (χ0) is 26.1. The van der Waals surface area contributed by atoms with Gasteiger partial charge in [0.05, 0.1) is 11.2 Å². The summed E-state index contributed by atoms with van der Waals surface area (Å²) in [7, 11) is 4.18. The molecule has 2 saturated heterocycles. The first kappa shape index (κ1) is 24.8. The topological polar surface area (TPSA) is 50.6 Å². The molecule has 0 radical (unpaired) electrons. The fourth-order valence-corrected chi connectivity index (χ4v) is 5.89. The van der Waals surface area contributed by atoms with Crippen LogP contribution < -0.4 is 0 Å². The molecule has 4 aromatic rings. The highest BCUT2D eigenvalue weighted by atomic mass is 16.5. The summed E-state index contributed by atoms with van der Waals surface area (Å²) >= 11 is 0. The molecule has 1 unspecified atom stereocenters. The number of carbonyl (C=O) groups is 1. The Hall–Kier alpha value is -3.48. The molecule has 6 nitrogen and oxygen atoms in total. The van der Waals surface area contributed by atoms with E-state index in [1.54, 1.807) is 0 Å². The molecule has 0 saturated carbocycles. The van der Waals surface area contributed by atoms with E-state index < -0.39 is 0 Å². The van der Waals surface area contributed by atoms with Crippen LogP contribution in [0.15, 0.2) is 72.8 Å². The molecular weight excluding hydrogens is 472 g/mol. The number of benzene rings is 3.